The summed E-state index contributed by atoms with van der Waals surface area (Å²) >= 11 is 0. The van der Waals surface area contributed by atoms with Crippen LogP contribution in [0.4, 0.5) is 5.69 Å². The van der Waals surface area contributed by atoms with E-state index in [1.54, 1.807) is 12.1 Å². The van der Waals surface area contributed by atoms with Gasteiger partial charge in [-0.15, -0.1) is 0 Å². The highest BCUT2D eigenvalue weighted by Gasteiger charge is 2.06. The van der Waals surface area contributed by atoms with Crippen molar-refractivity contribution in [1.29, 1.82) is 0 Å². The first-order valence-corrected chi connectivity index (χ1v) is 9.33. The average Bonchev–Trinajstić information content (AvgIpc) is 2.74. The van der Waals surface area contributed by atoms with Crippen LogP contribution in [0.15, 0.2) is 77.9 Å². The number of amides is 1. The van der Waals surface area contributed by atoms with Crippen LogP contribution in [-0.4, -0.2) is 17.0 Å². The molecule has 3 aromatic rings. The fourth-order valence-corrected chi connectivity index (χ4v) is 2.67. The van der Waals surface area contributed by atoms with E-state index in [1.807, 2.05) is 55.5 Å². The molecule has 0 fully saturated rings. The molecular formula is C23H21N3O4. The van der Waals surface area contributed by atoms with Gasteiger partial charge in [0.1, 0.15) is 12.4 Å². The first-order chi connectivity index (χ1) is 14.5. The summed E-state index contributed by atoms with van der Waals surface area (Å²) < 4.78 is 5.81. The van der Waals surface area contributed by atoms with Crippen molar-refractivity contribution in [3.63, 3.8) is 0 Å². The summed E-state index contributed by atoms with van der Waals surface area (Å²) in [7, 11) is 0. The van der Waals surface area contributed by atoms with Crippen molar-refractivity contribution in [3.8, 4) is 5.75 Å². The van der Waals surface area contributed by atoms with Gasteiger partial charge < -0.3 is 4.74 Å². The molecule has 152 valence electrons. The lowest BCUT2D eigenvalue weighted by atomic mass is 10.1. The maximum absolute atomic E-state index is 12.0. The highest BCUT2D eigenvalue weighted by atomic mass is 16.6. The Kier molecular flexibility index (Phi) is 6.89. The lowest BCUT2D eigenvalue weighted by molar-refractivity contribution is -0.384. The molecule has 0 aliphatic rings. The molecule has 0 spiro atoms. The minimum atomic E-state index is -0.479. The van der Waals surface area contributed by atoms with Gasteiger partial charge in [-0.2, -0.15) is 5.10 Å². The zero-order valence-corrected chi connectivity index (χ0v) is 16.4. The number of nitro benzene ring substituents is 1. The predicted octanol–water partition coefficient (Wildman–Crippen LogP) is 4.18. The van der Waals surface area contributed by atoms with Crippen LogP contribution in [0.2, 0.25) is 0 Å². The average molecular weight is 403 g/mol. The number of hydrogen-bond acceptors (Lipinski definition) is 5. The number of nitro groups is 1. The highest BCUT2D eigenvalue weighted by molar-refractivity contribution is 5.83. The molecule has 3 aromatic carbocycles. The molecule has 7 heteroatoms. The van der Waals surface area contributed by atoms with Gasteiger partial charge in [0.15, 0.2) is 0 Å². The number of nitrogens with zero attached hydrogens (tertiary/aromatic N) is 2. The summed E-state index contributed by atoms with van der Waals surface area (Å²) in [5.41, 5.74) is 6.18. The van der Waals surface area contributed by atoms with E-state index < -0.39 is 4.92 Å². The van der Waals surface area contributed by atoms with E-state index in [4.69, 9.17) is 4.74 Å². The van der Waals surface area contributed by atoms with Gasteiger partial charge in [0.2, 0.25) is 5.91 Å². The Balaban J connectivity index is 1.50. The number of ether oxygens (including phenoxy) is 1. The van der Waals surface area contributed by atoms with Gasteiger partial charge in [0, 0.05) is 12.1 Å². The fourth-order valence-electron chi connectivity index (χ4n) is 2.67. The number of hydrogen-bond donors (Lipinski definition) is 1. The molecule has 0 unspecified atom stereocenters. The monoisotopic (exact) mass is 403 g/mol. The zero-order chi connectivity index (χ0) is 21.3. The second kappa shape index (κ2) is 9.97. The van der Waals surface area contributed by atoms with E-state index in [1.165, 1.54) is 23.9 Å². The second-order valence-electron chi connectivity index (χ2n) is 6.74. The Labute approximate surface area is 174 Å². The quantitative estimate of drug-likeness (QED) is 0.347. The maximum Gasteiger partial charge on any atom is 0.269 e. The Morgan fingerprint density at radius 3 is 2.47 bits per heavy atom. The molecule has 0 saturated carbocycles. The second-order valence-corrected chi connectivity index (χ2v) is 6.74. The molecule has 1 N–H and O–H groups in total. The lowest BCUT2D eigenvalue weighted by Gasteiger charge is -2.07. The van der Waals surface area contributed by atoms with E-state index in [0.717, 1.165) is 11.1 Å². The van der Waals surface area contributed by atoms with Gasteiger partial charge >= 0.3 is 0 Å². The van der Waals surface area contributed by atoms with Crippen molar-refractivity contribution in [2.75, 3.05) is 0 Å². The summed E-state index contributed by atoms with van der Waals surface area (Å²) in [6.45, 7) is 2.50. The van der Waals surface area contributed by atoms with Gasteiger partial charge in [0.05, 0.1) is 17.6 Å². The van der Waals surface area contributed by atoms with E-state index in [9.17, 15) is 14.9 Å². The highest BCUT2D eigenvalue weighted by Crippen LogP contribution is 2.15. The molecule has 0 radical (unpaired) electrons. The molecule has 30 heavy (non-hydrogen) atoms. The molecule has 0 bridgehead atoms. The van der Waals surface area contributed by atoms with Crippen molar-refractivity contribution in [1.82, 2.24) is 5.43 Å². The van der Waals surface area contributed by atoms with Gasteiger partial charge in [-0.1, -0.05) is 54.1 Å². The van der Waals surface area contributed by atoms with Crippen molar-refractivity contribution in [2.45, 2.75) is 20.0 Å². The Morgan fingerprint density at radius 2 is 1.77 bits per heavy atom. The number of hydrazone groups is 1. The fraction of sp³-hybridized carbons (Fsp3) is 0.130. The van der Waals surface area contributed by atoms with E-state index in [-0.39, 0.29) is 18.0 Å². The first kappa shape index (κ1) is 20.7. The van der Waals surface area contributed by atoms with Gasteiger partial charge in [-0.25, -0.2) is 5.43 Å². The lowest BCUT2D eigenvalue weighted by Crippen LogP contribution is -2.19. The molecule has 1 amide bonds. The Hall–Kier alpha value is -4.00. The Morgan fingerprint density at radius 1 is 1.07 bits per heavy atom. The Bertz CT molecular complexity index is 1040. The molecule has 0 aromatic heterocycles. The summed E-state index contributed by atoms with van der Waals surface area (Å²) in [4.78, 5) is 22.2. The van der Waals surface area contributed by atoms with Crippen LogP contribution < -0.4 is 10.2 Å². The number of carbonyl (C=O) groups excluding carboxylic acids is 1. The molecule has 0 heterocycles. The summed E-state index contributed by atoms with van der Waals surface area (Å²) in [5.74, 6) is 0.392. The van der Waals surface area contributed by atoms with Crippen molar-refractivity contribution in [2.24, 2.45) is 5.10 Å². The van der Waals surface area contributed by atoms with Crippen LogP contribution in [0.3, 0.4) is 0 Å². The third-order valence-corrected chi connectivity index (χ3v) is 4.30. The third kappa shape index (κ3) is 6.27. The predicted molar refractivity (Wildman–Crippen MR) is 114 cm³/mol. The number of nitrogens with one attached hydrogen (secondary N) is 1. The van der Waals surface area contributed by atoms with Crippen LogP contribution >= 0.6 is 0 Å². The molecule has 0 saturated heterocycles. The number of benzene rings is 3. The van der Waals surface area contributed by atoms with Gasteiger partial charge in [-0.3, -0.25) is 14.9 Å². The van der Waals surface area contributed by atoms with Gasteiger partial charge in [-0.05, 0) is 35.7 Å². The third-order valence-electron chi connectivity index (χ3n) is 4.30. The van der Waals surface area contributed by atoms with Crippen molar-refractivity contribution >= 4 is 17.8 Å². The van der Waals surface area contributed by atoms with E-state index in [0.29, 0.717) is 17.9 Å². The van der Waals surface area contributed by atoms with Crippen LogP contribution in [0.25, 0.3) is 0 Å². The van der Waals surface area contributed by atoms with Crippen molar-refractivity contribution in [3.05, 3.63) is 105 Å². The van der Waals surface area contributed by atoms with E-state index in [2.05, 4.69) is 10.5 Å². The molecular weight excluding hydrogens is 382 g/mol. The maximum atomic E-state index is 12.0. The molecule has 3 rings (SSSR count). The topological polar surface area (TPSA) is 93.8 Å². The minimum Gasteiger partial charge on any atom is -0.489 e. The van der Waals surface area contributed by atoms with E-state index >= 15 is 0 Å². The number of aryl methyl sites for hydroxylation is 1. The van der Waals surface area contributed by atoms with Gasteiger partial charge in [0.25, 0.3) is 5.69 Å². The van der Waals surface area contributed by atoms with Crippen LogP contribution in [0, 0.1) is 17.0 Å². The molecule has 0 aliphatic carbocycles. The molecule has 7 nitrogen and oxygen atoms in total. The molecule has 0 aliphatic heterocycles. The summed E-state index contributed by atoms with van der Waals surface area (Å²) in [5, 5.41) is 14.6. The number of non-ortho nitro benzene ring substituents is 1. The normalized spacial score (nSPS) is 10.7. The van der Waals surface area contributed by atoms with Crippen LogP contribution in [0.5, 0.6) is 5.75 Å². The minimum absolute atomic E-state index is 0.0124. The summed E-state index contributed by atoms with van der Waals surface area (Å²) in [6.07, 6.45) is 1.61. The van der Waals surface area contributed by atoms with Crippen LogP contribution in [-0.2, 0) is 17.8 Å². The number of rotatable bonds is 8. The smallest absolute Gasteiger partial charge is 0.269 e. The van der Waals surface area contributed by atoms with Crippen molar-refractivity contribution < 1.29 is 14.5 Å². The summed E-state index contributed by atoms with van der Waals surface area (Å²) in [6, 6.07) is 21.4. The SMILES string of the molecule is Cc1ccc(COc2cccc(/C=N/NC(=O)Cc3ccc([N+](=O)[O-])cc3)c2)cc1. The largest absolute Gasteiger partial charge is 0.489 e. The van der Waals surface area contributed by atoms with Crippen LogP contribution in [0.1, 0.15) is 22.3 Å². The first-order valence-electron chi connectivity index (χ1n) is 9.33. The zero-order valence-electron chi connectivity index (χ0n) is 16.4. The number of carbonyl (C=O) groups is 1. The standard InChI is InChI=1S/C23H21N3O4/c1-17-5-7-19(8-6-17)16-30-22-4-2-3-20(13-22)15-24-25-23(27)14-18-9-11-21(12-10-18)26(28)29/h2-13,15H,14,16H2,1H3,(H,25,27)/b24-15+. The molecule has 0 atom stereocenters.